The van der Waals surface area contributed by atoms with Crippen molar-refractivity contribution in [2.45, 2.75) is 25.7 Å². The summed E-state index contributed by atoms with van der Waals surface area (Å²) in [5, 5.41) is 0.855. The number of aromatic nitrogens is 2. The number of rotatable bonds is 2. The molecule has 2 aromatic rings. The Morgan fingerprint density at radius 1 is 1.29 bits per heavy atom. The number of hydrogen-bond donors (Lipinski definition) is 0. The first-order valence-electron chi connectivity index (χ1n) is 7.82. The van der Waals surface area contributed by atoms with Gasteiger partial charge >= 0.3 is 0 Å². The second kappa shape index (κ2) is 6.05. The lowest BCUT2D eigenvalue weighted by Crippen LogP contribution is -2.32. The van der Waals surface area contributed by atoms with Crippen molar-refractivity contribution >= 4 is 44.4 Å². The van der Waals surface area contributed by atoms with Crippen LogP contribution in [0.25, 0.3) is 10.9 Å². The van der Waals surface area contributed by atoms with Gasteiger partial charge in [0.15, 0.2) is 5.82 Å². The van der Waals surface area contributed by atoms with Gasteiger partial charge in [-0.3, -0.25) is 0 Å². The molecular formula is C16H17BrClFN4O. The van der Waals surface area contributed by atoms with Crippen molar-refractivity contribution in [2.75, 3.05) is 32.1 Å². The molecule has 1 fully saturated rings. The molecule has 1 saturated heterocycles. The lowest BCUT2D eigenvalue weighted by Gasteiger charge is -2.21. The van der Waals surface area contributed by atoms with E-state index in [0.29, 0.717) is 35.1 Å². The largest absolute Gasteiger partial charge is 0.372 e. The first kappa shape index (κ1) is 16.4. The highest BCUT2D eigenvalue weighted by Crippen LogP contribution is 2.39. The predicted molar refractivity (Wildman–Crippen MR) is 95.0 cm³/mol. The maximum Gasteiger partial charge on any atom is 0.227 e. The highest BCUT2D eigenvalue weighted by atomic mass is 79.9. The van der Waals surface area contributed by atoms with Gasteiger partial charge in [-0.1, -0.05) is 11.6 Å². The molecule has 0 spiro atoms. The third-order valence-corrected chi connectivity index (χ3v) is 5.95. The fourth-order valence-corrected chi connectivity index (χ4v) is 4.24. The van der Waals surface area contributed by atoms with Crippen molar-refractivity contribution in [2.24, 2.45) is 0 Å². The molecule has 1 atom stereocenters. The summed E-state index contributed by atoms with van der Waals surface area (Å²) in [5.74, 6) is 0.0877. The molecule has 2 aliphatic heterocycles. The Morgan fingerprint density at radius 3 is 2.75 bits per heavy atom. The predicted octanol–water partition coefficient (Wildman–Crippen LogP) is 3.36. The summed E-state index contributed by atoms with van der Waals surface area (Å²) < 4.78 is 20.7. The minimum atomic E-state index is -0.400. The van der Waals surface area contributed by atoms with E-state index in [9.17, 15) is 4.39 Å². The van der Waals surface area contributed by atoms with Gasteiger partial charge in [0.2, 0.25) is 5.95 Å². The Kier molecular flexibility index (Phi) is 4.15. The monoisotopic (exact) mass is 414 g/mol. The molecule has 5 nitrogen and oxygen atoms in total. The first-order valence-corrected chi connectivity index (χ1v) is 8.99. The van der Waals surface area contributed by atoms with Gasteiger partial charge in [-0.2, -0.15) is 0 Å². The highest BCUT2D eigenvalue weighted by Gasteiger charge is 2.29. The van der Waals surface area contributed by atoms with Gasteiger partial charge in [-0.25, -0.2) is 14.4 Å². The van der Waals surface area contributed by atoms with Crippen LogP contribution in [-0.4, -0.2) is 48.1 Å². The van der Waals surface area contributed by atoms with E-state index in [-0.39, 0.29) is 10.7 Å². The molecule has 2 aliphatic rings. The zero-order chi connectivity index (χ0) is 17.0. The Hall–Kier alpha value is -1.02. The number of halogens is 3. The maximum absolute atomic E-state index is 14.8. The van der Waals surface area contributed by atoms with Crippen molar-refractivity contribution in [1.29, 1.82) is 0 Å². The minimum absolute atomic E-state index is 0.259. The fourth-order valence-electron chi connectivity index (χ4n) is 3.42. The number of benzene rings is 1. The van der Waals surface area contributed by atoms with Crippen LogP contribution in [-0.2, 0) is 18.0 Å². The van der Waals surface area contributed by atoms with Crippen molar-refractivity contribution in [1.82, 2.24) is 14.9 Å². The second-order valence-corrected chi connectivity index (χ2v) is 7.62. The van der Waals surface area contributed by atoms with Gasteiger partial charge in [0.25, 0.3) is 0 Å². The summed E-state index contributed by atoms with van der Waals surface area (Å²) in [6.07, 6.45) is 1.02. The van der Waals surface area contributed by atoms with E-state index in [4.69, 9.17) is 16.3 Å². The van der Waals surface area contributed by atoms with Gasteiger partial charge in [0.1, 0.15) is 10.7 Å². The molecule has 0 unspecified atom stereocenters. The van der Waals surface area contributed by atoms with Gasteiger partial charge in [0.05, 0.1) is 17.7 Å². The summed E-state index contributed by atoms with van der Waals surface area (Å²) >= 11 is 9.76. The lowest BCUT2D eigenvalue weighted by atomic mass is 10.1. The summed E-state index contributed by atoms with van der Waals surface area (Å²) in [4.78, 5) is 13.2. The summed E-state index contributed by atoms with van der Waals surface area (Å²) in [6.45, 7) is 2.42. The molecule has 0 radical (unpaired) electrons. The molecule has 0 N–H and O–H groups in total. The maximum atomic E-state index is 14.8. The topological polar surface area (TPSA) is 41.5 Å². The van der Waals surface area contributed by atoms with Gasteiger partial charge in [0, 0.05) is 30.1 Å². The summed E-state index contributed by atoms with van der Waals surface area (Å²) in [6, 6.07) is 0.438. The molecule has 0 amide bonds. The molecular weight excluding hydrogens is 399 g/mol. The van der Waals surface area contributed by atoms with Gasteiger partial charge < -0.3 is 14.5 Å². The summed E-state index contributed by atoms with van der Waals surface area (Å²) in [5.41, 5.74) is 1.93. The van der Waals surface area contributed by atoms with E-state index >= 15 is 0 Å². The average Bonchev–Trinajstić information content (AvgIpc) is 3.21. The highest BCUT2D eigenvalue weighted by molar-refractivity contribution is 9.10. The van der Waals surface area contributed by atoms with E-state index in [1.54, 1.807) is 0 Å². The van der Waals surface area contributed by atoms with Crippen molar-refractivity contribution < 1.29 is 9.13 Å². The van der Waals surface area contributed by atoms with Crippen LogP contribution in [0.5, 0.6) is 0 Å². The number of nitrogens with zero attached hydrogens (tertiary/aromatic N) is 4. The van der Waals surface area contributed by atoms with E-state index in [1.165, 1.54) is 0 Å². The SMILES string of the molecule is CN(C)[C@H]1CCN(c2nc(Cl)c3c4c(c(Br)c(F)c3n2)COC4)C1. The molecule has 24 heavy (non-hydrogen) atoms. The van der Waals surface area contributed by atoms with E-state index in [2.05, 4.69) is 49.8 Å². The van der Waals surface area contributed by atoms with Gasteiger partial charge in [-0.05, 0) is 42.0 Å². The zero-order valence-electron chi connectivity index (χ0n) is 13.4. The van der Waals surface area contributed by atoms with E-state index < -0.39 is 5.82 Å². The standard InChI is InChI=1S/C16H17BrClFN4O/c1-22(2)8-3-4-23(5-8)16-20-14-11(15(18)21-16)9-6-24-7-10(9)12(17)13(14)19/h8H,3-7H2,1-2H3/t8-/m0/s1. The van der Waals surface area contributed by atoms with Gasteiger partial charge in [-0.15, -0.1) is 0 Å². The number of likely N-dealkylation sites (N-methyl/N-ethyl adjacent to an activating group) is 1. The number of anilines is 1. The third-order valence-electron chi connectivity index (χ3n) is 4.85. The molecule has 4 rings (SSSR count). The van der Waals surface area contributed by atoms with Crippen LogP contribution in [0.15, 0.2) is 4.47 Å². The Morgan fingerprint density at radius 2 is 2.04 bits per heavy atom. The Balaban J connectivity index is 1.84. The molecule has 0 aliphatic carbocycles. The lowest BCUT2D eigenvalue weighted by molar-refractivity contribution is 0.134. The van der Waals surface area contributed by atoms with Crippen LogP contribution in [0.2, 0.25) is 5.15 Å². The first-order chi connectivity index (χ1) is 11.5. The second-order valence-electron chi connectivity index (χ2n) is 6.47. The van der Waals surface area contributed by atoms with Crippen LogP contribution in [0.1, 0.15) is 17.5 Å². The Labute approximate surface area is 152 Å². The molecule has 1 aromatic heterocycles. The molecule has 128 valence electrons. The number of ether oxygens (including phenoxy) is 1. The zero-order valence-corrected chi connectivity index (χ0v) is 15.8. The smallest absolute Gasteiger partial charge is 0.227 e. The normalized spacial score (nSPS) is 20.4. The van der Waals surface area contributed by atoms with E-state index in [0.717, 1.165) is 30.6 Å². The molecule has 8 heteroatoms. The Bertz CT molecular complexity index is 832. The number of fused-ring (bicyclic) bond motifs is 3. The molecule has 1 aromatic carbocycles. The average molecular weight is 416 g/mol. The van der Waals surface area contributed by atoms with E-state index in [1.807, 2.05) is 0 Å². The van der Waals surface area contributed by atoms with Crippen LogP contribution in [0.4, 0.5) is 10.3 Å². The minimum Gasteiger partial charge on any atom is -0.372 e. The van der Waals surface area contributed by atoms with Crippen LogP contribution in [0, 0.1) is 5.82 Å². The van der Waals surface area contributed by atoms with Crippen molar-refractivity contribution in [3.05, 3.63) is 26.6 Å². The molecule has 0 bridgehead atoms. The fraction of sp³-hybridized carbons (Fsp3) is 0.500. The van der Waals surface area contributed by atoms with Crippen LogP contribution >= 0.6 is 27.5 Å². The molecule has 0 saturated carbocycles. The molecule has 3 heterocycles. The van der Waals surface area contributed by atoms with Crippen molar-refractivity contribution in [3.63, 3.8) is 0 Å². The van der Waals surface area contributed by atoms with Crippen molar-refractivity contribution in [3.8, 4) is 0 Å². The number of hydrogen-bond acceptors (Lipinski definition) is 5. The quantitative estimate of drug-likeness (QED) is 0.704. The van der Waals surface area contributed by atoms with Crippen LogP contribution < -0.4 is 4.90 Å². The summed E-state index contributed by atoms with van der Waals surface area (Å²) in [7, 11) is 4.12. The van der Waals surface area contributed by atoms with Crippen LogP contribution in [0.3, 0.4) is 0 Å². The third kappa shape index (κ3) is 2.49.